The number of aromatic nitrogens is 4. The predicted octanol–water partition coefficient (Wildman–Crippen LogP) is 3.03. The standard InChI is InChI=1S/C13H10ClFN4O/c1-7-9-4-8(5-17-13(9)19-18-7)20-6-11-12(15)10(14)2-3-16-11/h2-5H,6H2,1H3,(H,17,18,19). The highest BCUT2D eigenvalue weighted by Gasteiger charge is 2.10. The van der Waals surface area contributed by atoms with Gasteiger partial charge >= 0.3 is 0 Å². The van der Waals surface area contributed by atoms with Crippen LogP contribution in [0.5, 0.6) is 5.75 Å². The summed E-state index contributed by atoms with van der Waals surface area (Å²) >= 11 is 5.68. The molecule has 0 aliphatic rings. The molecule has 0 amide bonds. The maximum Gasteiger partial charge on any atom is 0.181 e. The molecule has 1 N–H and O–H groups in total. The van der Waals surface area contributed by atoms with Gasteiger partial charge in [-0.25, -0.2) is 9.37 Å². The van der Waals surface area contributed by atoms with Crippen molar-refractivity contribution < 1.29 is 9.13 Å². The number of aromatic amines is 1. The van der Waals surface area contributed by atoms with Crippen LogP contribution in [0.1, 0.15) is 11.4 Å². The summed E-state index contributed by atoms with van der Waals surface area (Å²) in [5, 5.41) is 7.75. The van der Waals surface area contributed by atoms with E-state index in [1.807, 2.05) is 6.92 Å². The fraction of sp³-hybridized carbons (Fsp3) is 0.154. The van der Waals surface area contributed by atoms with E-state index < -0.39 is 5.82 Å². The smallest absolute Gasteiger partial charge is 0.181 e. The zero-order chi connectivity index (χ0) is 14.1. The third-order valence-electron chi connectivity index (χ3n) is 2.86. The van der Waals surface area contributed by atoms with Gasteiger partial charge in [0.25, 0.3) is 0 Å². The lowest BCUT2D eigenvalue weighted by atomic mass is 10.3. The van der Waals surface area contributed by atoms with E-state index in [0.29, 0.717) is 11.4 Å². The molecule has 0 unspecified atom stereocenters. The lowest BCUT2D eigenvalue weighted by Crippen LogP contribution is -2.02. The third-order valence-corrected chi connectivity index (χ3v) is 3.16. The minimum absolute atomic E-state index is 0.0174. The van der Waals surface area contributed by atoms with Crippen molar-refractivity contribution in [3.05, 3.63) is 46.8 Å². The van der Waals surface area contributed by atoms with Crippen LogP contribution in [-0.4, -0.2) is 20.2 Å². The molecule has 3 aromatic rings. The summed E-state index contributed by atoms with van der Waals surface area (Å²) < 4.78 is 19.2. The fourth-order valence-corrected chi connectivity index (χ4v) is 1.96. The zero-order valence-electron chi connectivity index (χ0n) is 10.5. The minimum Gasteiger partial charge on any atom is -0.486 e. The number of halogens is 2. The van der Waals surface area contributed by atoms with Crippen molar-refractivity contribution >= 4 is 22.6 Å². The van der Waals surface area contributed by atoms with E-state index in [1.165, 1.54) is 18.5 Å². The second-order valence-electron chi connectivity index (χ2n) is 4.23. The summed E-state index contributed by atoms with van der Waals surface area (Å²) in [5.74, 6) is -0.0501. The van der Waals surface area contributed by atoms with E-state index in [1.54, 1.807) is 6.07 Å². The Morgan fingerprint density at radius 3 is 3.10 bits per heavy atom. The molecule has 7 heteroatoms. The highest BCUT2D eigenvalue weighted by atomic mass is 35.5. The van der Waals surface area contributed by atoms with Crippen LogP contribution in [-0.2, 0) is 6.61 Å². The molecule has 0 spiro atoms. The predicted molar refractivity (Wildman–Crippen MR) is 72.2 cm³/mol. The third kappa shape index (κ3) is 2.30. The maximum absolute atomic E-state index is 13.7. The Labute approximate surface area is 118 Å². The quantitative estimate of drug-likeness (QED) is 0.806. The Balaban J connectivity index is 1.83. The number of pyridine rings is 2. The van der Waals surface area contributed by atoms with E-state index in [0.717, 1.165) is 11.1 Å². The van der Waals surface area contributed by atoms with Gasteiger partial charge in [-0.1, -0.05) is 11.6 Å². The molecule has 0 radical (unpaired) electrons. The summed E-state index contributed by atoms with van der Waals surface area (Å²) in [6, 6.07) is 3.19. The highest BCUT2D eigenvalue weighted by Crippen LogP contribution is 2.21. The zero-order valence-corrected chi connectivity index (χ0v) is 11.3. The highest BCUT2D eigenvalue weighted by molar-refractivity contribution is 6.30. The second-order valence-corrected chi connectivity index (χ2v) is 4.64. The normalized spacial score (nSPS) is 10.9. The summed E-state index contributed by atoms with van der Waals surface area (Å²) in [6.45, 7) is 1.87. The van der Waals surface area contributed by atoms with E-state index in [2.05, 4.69) is 20.2 Å². The molecule has 0 bridgehead atoms. The first-order chi connectivity index (χ1) is 9.65. The molecular formula is C13H10ClFN4O. The Morgan fingerprint density at radius 2 is 2.25 bits per heavy atom. The van der Waals surface area contributed by atoms with Crippen LogP contribution in [0.4, 0.5) is 4.39 Å². The molecule has 3 aromatic heterocycles. The molecule has 3 rings (SSSR count). The molecule has 5 nitrogen and oxygen atoms in total. The van der Waals surface area contributed by atoms with Crippen LogP contribution >= 0.6 is 11.6 Å². The van der Waals surface area contributed by atoms with Crippen LogP contribution in [0.25, 0.3) is 11.0 Å². The number of hydrogen-bond donors (Lipinski definition) is 1. The first kappa shape index (κ1) is 12.8. The van der Waals surface area contributed by atoms with E-state index in [4.69, 9.17) is 16.3 Å². The monoisotopic (exact) mass is 292 g/mol. The van der Waals surface area contributed by atoms with Gasteiger partial charge in [-0.05, 0) is 19.1 Å². The summed E-state index contributed by atoms with van der Waals surface area (Å²) in [4.78, 5) is 8.05. The lowest BCUT2D eigenvalue weighted by Gasteiger charge is -2.06. The van der Waals surface area contributed by atoms with E-state index in [9.17, 15) is 4.39 Å². The van der Waals surface area contributed by atoms with Gasteiger partial charge in [0.05, 0.1) is 11.2 Å². The van der Waals surface area contributed by atoms with Crippen molar-refractivity contribution in [2.75, 3.05) is 0 Å². The van der Waals surface area contributed by atoms with Crippen LogP contribution in [0.2, 0.25) is 5.02 Å². The number of fused-ring (bicyclic) bond motifs is 1. The molecular weight excluding hydrogens is 283 g/mol. The summed E-state index contributed by atoms with van der Waals surface area (Å²) in [6.07, 6.45) is 2.97. The molecule has 3 heterocycles. The topological polar surface area (TPSA) is 63.7 Å². The van der Waals surface area contributed by atoms with E-state index in [-0.39, 0.29) is 17.3 Å². The molecule has 102 valence electrons. The Kier molecular flexibility index (Phi) is 3.23. The number of H-pyrrole nitrogens is 1. The molecule has 0 saturated heterocycles. The van der Waals surface area contributed by atoms with Crippen molar-refractivity contribution in [3.63, 3.8) is 0 Å². The first-order valence-corrected chi connectivity index (χ1v) is 6.25. The van der Waals surface area contributed by atoms with Gasteiger partial charge in [-0.15, -0.1) is 0 Å². The number of nitrogens with zero attached hydrogens (tertiary/aromatic N) is 3. The summed E-state index contributed by atoms with van der Waals surface area (Å²) in [5.41, 5.74) is 1.66. The molecule has 0 atom stereocenters. The molecule has 0 fully saturated rings. The first-order valence-electron chi connectivity index (χ1n) is 5.87. The average molecular weight is 293 g/mol. The van der Waals surface area contributed by atoms with Crippen molar-refractivity contribution in [2.45, 2.75) is 13.5 Å². The Morgan fingerprint density at radius 1 is 1.40 bits per heavy atom. The maximum atomic E-state index is 13.7. The summed E-state index contributed by atoms with van der Waals surface area (Å²) in [7, 11) is 0. The van der Waals surface area contributed by atoms with Crippen LogP contribution in [0.3, 0.4) is 0 Å². The van der Waals surface area contributed by atoms with Crippen LogP contribution in [0, 0.1) is 12.7 Å². The molecule has 0 aliphatic heterocycles. The van der Waals surface area contributed by atoms with Gasteiger partial charge in [-0.3, -0.25) is 10.1 Å². The van der Waals surface area contributed by atoms with Gasteiger partial charge in [0.2, 0.25) is 0 Å². The molecule has 0 saturated carbocycles. The number of nitrogens with one attached hydrogen (secondary N) is 1. The number of hydrogen-bond acceptors (Lipinski definition) is 4. The van der Waals surface area contributed by atoms with Gasteiger partial charge in [-0.2, -0.15) is 5.10 Å². The van der Waals surface area contributed by atoms with Gasteiger partial charge < -0.3 is 4.74 Å². The Bertz CT molecular complexity index is 774. The van der Waals surface area contributed by atoms with Crippen molar-refractivity contribution in [2.24, 2.45) is 0 Å². The van der Waals surface area contributed by atoms with Crippen LogP contribution < -0.4 is 4.74 Å². The average Bonchev–Trinajstić information content (AvgIpc) is 2.82. The molecule has 0 aromatic carbocycles. The van der Waals surface area contributed by atoms with Crippen molar-refractivity contribution in [3.8, 4) is 5.75 Å². The number of ether oxygens (including phenoxy) is 1. The van der Waals surface area contributed by atoms with E-state index >= 15 is 0 Å². The van der Waals surface area contributed by atoms with Crippen molar-refractivity contribution in [1.82, 2.24) is 20.2 Å². The lowest BCUT2D eigenvalue weighted by molar-refractivity contribution is 0.293. The van der Waals surface area contributed by atoms with Crippen LogP contribution in [0.15, 0.2) is 24.5 Å². The van der Waals surface area contributed by atoms with Gasteiger partial charge in [0, 0.05) is 17.3 Å². The number of aryl methyl sites for hydroxylation is 1. The molecule has 0 aliphatic carbocycles. The van der Waals surface area contributed by atoms with Gasteiger partial charge in [0.1, 0.15) is 18.1 Å². The second kappa shape index (κ2) is 5.05. The minimum atomic E-state index is -0.567. The Hall–Kier alpha value is -2.21. The van der Waals surface area contributed by atoms with Crippen molar-refractivity contribution in [1.29, 1.82) is 0 Å². The number of rotatable bonds is 3. The fourth-order valence-electron chi connectivity index (χ4n) is 1.79. The van der Waals surface area contributed by atoms with Gasteiger partial charge in [0.15, 0.2) is 11.5 Å². The molecule has 20 heavy (non-hydrogen) atoms. The SMILES string of the molecule is Cc1[nH]nc2ncc(OCc3nccc(Cl)c3F)cc12. The largest absolute Gasteiger partial charge is 0.486 e.